The Morgan fingerprint density at radius 3 is 2.35 bits per heavy atom. The summed E-state index contributed by atoms with van der Waals surface area (Å²) in [7, 11) is 1.84. The minimum atomic E-state index is -1.00. The molecular formula is C12H19ClN2O2. The number of hydrogen-bond donors (Lipinski definition) is 1. The van der Waals surface area contributed by atoms with E-state index in [-0.39, 0.29) is 16.8 Å². The summed E-state index contributed by atoms with van der Waals surface area (Å²) >= 11 is 5.74. The van der Waals surface area contributed by atoms with Crippen LogP contribution in [0.15, 0.2) is 12.1 Å². The van der Waals surface area contributed by atoms with Gasteiger partial charge >= 0.3 is 5.97 Å². The lowest BCUT2D eigenvalue weighted by atomic mass is 10.2. The van der Waals surface area contributed by atoms with Crippen molar-refractivity contribution >= 4 is 23.4 Å². The van der Waals surface area contributed by atoms with E-state index < -0.39 is 5.97 Å². The third kappa shape index (κ3) is 4.61. The molecule has 0 aliphatic carbocycles. The minimum absolute atomic E-state index is 0.150. The Kier molecular flexibility index (Phi) is 6.58. The zero-order chi connectivity index (χ0) is 13.6. The molecule has 1 aromatic rings. The van der Waals surface area contributed by atoms with Gasteiger partial charge in [-0.2, -0.15) is 0 Å². The SMILES string of the molecule is CC.CC(C)N(C)c1cc(C(=O)O)cc(Cl)n1. The van der Waals surface area contributed by atoms with Crippen molar-refractivity contribution in [1.82, 2.24) is 4.98 Å². The molecule has 96 valence electrons. The summed E-state index contributed by atoms with van der Waals surface area (Å²) in [4.78, 5) is 16.7. The summed E-state index contributed by atoms with van der Waals surface area (Å²) in [5, 5.41) is 9.04. The molecule has 1 N–H and O–H groups in total. The van der Waals surface area contributed by atoms with Crippen molar-refractivity contribution in [2.45, 2.75) is 33.7 Å². The number of hydrogen-bond acceptors (Lipinski definition) is 3. The number of anilines is 1. The zero-order valence-electron chi connectivity index (χ0n) is 10.9. The highest BCUT2D eigenvalue weighted by atomic mass is 35.5. The van der Waals surface area contributed by atoms with E-state index in [1.54, 1.807) is 0 Å². The largest absolute Gasteiger partial charge is 0.478 e. The summed E-state index contributed by atoms with van der Waals surface area (Å²) in [6, 6.07) is 3.08. The first-order valence-corrected chi connectivity index (χ1v) is 5.93. The Bertz CT molecular complexity index is 381. The van der Waals surface area contributed by atoms with E-state index in [9.17, 15) is 4.79 Å². The fraction of sp³-hybridized carbons (Fsp3) is 0.500. The van der Waals surface area contributed by atoms with Crippen LogP contribution in [0.5, 0.6) is 0 Å². The first-order chi connectivity index (χ1) is 7.91. The Balaban J connectivity index is 0.00000121. The van der Waals surface area contributed by atoms with Crippen molar-refractivity contribution in [2.75, 3.05) is 11.9 Å². The molecule has 5 heteroatoms. The number of nitrogens with zero attached hydrogens (tertiary/aromatic N) is 2. The standard InChI is InChI=1S/C10H13ClN2O2.C2H6/c1-6(2)13(3)9-5-7(10(14)15)4-8(11)12-9;1-2/h4-6H,1-3H3,(H,14,15);1-2H3. The maximum absolute atomic E-state index is 10.8. The quantitative estimate of drug-likeness (QED) is 0.845. The van der Waals surface area contributed by atoms with Crippen molar-refractivity contribution in [1.29, 1.82) is 0 Å². The fourth-order valence-corrected chi connectivity index (χ4v) is 1.26. The first-order valence-electron chi connectivity index (χ1n) is 5.55. The zero-order valence-corrected chi connectivity index (χ0v) is 11.6. The Labute approximate surface area is 107 Å². The Hall–Kier alpha value is -1.29. The van der Waals surface area contributed by atoms with Crippen LogP contribution in [-0.2, 0) is 0 Å². The highest BCUT2D eigenvalue weighted by Gasteiger charge is 2.12. The summed E-state index contributed by atoms with van der Waals surface area (Å²) in [5.74, 6) is -0.437. The highest BCUT2D eigenvalue weighted by Crippen LogP contribution is 2.18. The van der Waals surface area contributed by atoms with E-state index in [2.05, 4.69) is 4.98 Å². The van der Waals surface area contributed by atoms with E-state index in [1.165, 1.54) is 12.1 Å². The molecule has 0 amide bonds. The molecule has 0 bridgehead atoms. The molecule has 0 atom stereocenters. The van der Waals surface area contributed by atoms with Crippen LogP contribution in [0.1, 0.15) is 38.1 Å². The molecule has 0 saturated heterocycles. The molecule has 17 heavy (non-hydrogen) atoms. The molecule has 1 heterocycles. The fourth-order valence-electron chi connectivity index (χ4n) is 1.05. The Morgan fingerprint density at radius 2 is 1.94 bits per heavy atom. The van der Waals surface area contributed by atoms with Gasteiger partial charge in [0.25, 0.3) is 0 Å². The number of rotatable bonds is 3. The Morgan fingerprint density at radius 1 is 1.41 bits per heavy atom. The normalized spacial score (nSPS) is 9.59. The monoisotopic (exact) mass is 258 g/mol. The second-order valence-electron chi connectivity index (χ2n) is 3.55. The van der Waals surface area contributed by atoms with Gasteiger partial charge in [0.1, 0.15) is 11.0 Å². The molecule has 0 aliphatic rings. The molecular weight excluding hydrogens is 240 g/mol. The van der Waals surface area contributed by atoms with E-state index in [0.717, 1.165) is 0 Å². The lowest BCUT2D eigenvalue weighted by molar-refractivity contribution is 0.0697. The second-order valence-corrected chi connectivity index (χ2v) is 3.93. The van der Waals surface area contributed by atoms with E-state index in [0.29, 0.717) is 5.82 Å². The summed E-state index contributed by atoms with van der Waals surface area (Å²) in [6.07, 6.45) is 0. The van der Waals surface area contributed by atoms with Crippen molar-refractivity contribution in [3.8, 4) is 0 Å². The van der Waals surface area contributed by atoms with Crippen LogP contribution in [0.4, 0.5) is 5.82 Å². The molecule has 4 nitrogen and oxygen atoms in total. The van der Waals surface area contributed by atoms with Gasteiger partial charge < -0.3 is 10.0 Å². The van der Waals surface area contributed by atoms with Gasteiger partial charge in [0.15, 0.2) is 0 Å². The molecule has 0 aliphatic heterocycles. The smallest absolute Gasteiger partial charge is 0.335 e. The van der Waals surface area contributed by atoms with Gasteiger partial charge in [-0.3, -0.25) is 0 Å². The van der Waals surface area contributed by atoms with Gasteiger partial charge in [-0.1, -0.05) is 25.4 Å². The number of pyridine rings is 1. The summed E-state index contributed by atoms with van der Waals surface area (Å²) < 4.78 is 0. The van der Waals surface area contributed by atoms with Crippen LogP contribution >= 0.6 is 11.6 Å². The van der Waals surface area contributed by atoms with Crippen LogP contribution in [0.3, 0.4) is 0 Å². The number of carboxylic acids is 1. The lowest BCUT2D eigenvalue weighted by Gasteiger charge is -2.22. The van der Waals surface area contributed by atoms with Crippen molar-refractivity contribution < 1.29 is 9.90 Å². The molecule has 0 saturated carbocycles. The van der Waals surface area contributed by atoms with Crippen molar-refractivity contribution in [3.63, 3.8) is 0 Å². The van der Waals surface area contributed by atoms with Gasteiger partial charge in [-0.25, -0.2) is 9.78 Å². The topological polar surface area (TPSA) is 53.4 Å². The molecule has 0 unspecified atom stereocenters. The summed E-state index contributed by atoms with van der Waals surface area (Å²) in [6.45, 7) is 7.98. The van der Waals surface area contributed by atoms with E-state index in [1.807, 2.05) is 39.6 Å². The molecule has 0 spiro atoms. The van der Waals surface area contributed by atoms with Crippen LogP contribution in [0.25, 0.3) is 0 Å². The van der Waals surface area contributed by atoms with Crippen molar-refractivity contribution in [3.05, 3.63) is 22.8 Å². The number of carboxylic acid groups (broad SMARTS) is 1. The van der Waals surface area contributed by atoms with Crippen LogP contribution < -0.4 is 4.90 Å². The predicted molar refractivity (Wildman–Crippen MR) is 71.1 cm³/mol. The van der Waals surface area contributed by atoms with Gasteiger partial charge in [0, 0.05) is 13.1 Å². The number of aromatic carboxylic acids is 1. The van der Waals surface area contributed by atoms with Gasteiger partial charge in [0.2, 0.25) is 0 Å². The third-order valence-corrected chi connectivity index (χ3v) is 2.36. The van der Waals surface area contributed by atoms with Crippen molar-refractivity contribution in [2.24, 2.45) is 0 Å². The van der Waals surface area contributed by atoms with Crippen LogP contribution in [-0.4, -0.2) is 29.1 Å². The molecule has 1 rings (SSSR count). The average Bonchev–Trinajstić information content (AvgIpc) is 2.29. The predicted octanol–water partition coefficient (Wildman–Crippen LogP) is 3.30. The maximum atomic E-state index is 10.8. The first kappa shape index (κ1) is 15.7. The number of carbonyl (C=O) groups is 1. The van der Waals surface area contributed by atoms with Crippen LogP contribution in [0.2, 0.25) is 5.15 Å². The molecule has 0 aromatic carbocycles. The minimum Gasteiger partial charge on any atom is -0.478 e. The average molecular weight is 259 g/mol. The highest BCUT2D eigenvalue weighted by molar-refractivity contribution is 6.29. The molecule has 0 radical (unpaired) electrons. The van der Waals surface area contributed by atoms with Gasteiger partial charge in [-0.05, 0) is 26.0 Å². The van der Waals surface area contributed by atoms with Gasteiger partial charge in [0.05, 0.1) is 5.56 Å². The van der Waals surface area contributed by atoms with Crippen LogP contribution in [0, 0.1) is 0 Å². The molecule has 0 fully saturated rings. The third-order valence-electron chi connectivity index (χ3n) is 2.16. The number of aromatic nitrogens is 1. The second kappa shape index (κ2) is 7.12. The maximum Gasteiger partial charge on any atom is 0.335 e. The van der Waals surface area contributed by atoms with E-state index >= 15 is 0 Å². The van der Waals surface area contributed by atoms with Gasteiger partial charge in [-0.15, -0.1) is 0 Å². The van der Waals surface area contributed by atoms with E-state index in [4.69, 9.17) is 16.7 Å². The number of halogens is 1. The summed E-state index contributed by atoms with van der Waals surface area (Å²) in [5.41, 5.74) is 0.150. The molecule has 1 aromatic heterocycles. The lowest BCUT2D eigenvalue weighted by Crippen LogP contribution is -2.26.